The Hall–Kier alpha value is -2.40. The number of aryl methyl sites for hydroxylation is 2. The second-order valence-electron chi connectivity index (χ2n) is 7.21. The molecule has 0 bridgehead atoms. The molecule has 0 amide bonds. The second kappa shape index (κ2) is 7.31. The second-order valence-corrected chi connectivity index (χ2v) is 8.52. The quantitative estimate of drug-likeness (QED) is 0.442. The van der Waals surface area contributed by atoms with Gasteiger partial charge >= 0.3 is 0 Å². The Bertz CT molecular complexity index is 976. The third-order valence-electron chi connectivity index (χ3n) is 5.06. The maximum absolute atomic E-state index is 12.9. The van der Waals surface area contributed by atoms with Crippen molar-refractivity contribution < 1.29 is 4.79 Å². The van der Waals surface area contributed by atoms with Crippen molar-refractivity contribution in [3.8, 4) is 5.69 Å². The Balaban J connectivity index is 1.62. The van der Waals surface area contributed by atoms with Crippen LogP contribution >= 0.6 is 11.8 Å². The molecule has 1 aliphatic rings. The molecule has 3 aromatic rings. The molecule has 0 N–H and O–H groups in total. The Morgan fingerprint density at radius 2 is 1.81 bits per heavy atom. The van der Waals surface area contributed by atoms with Crippen molar-refractivity contribution in [3.63, 3.8) is 0 Å². The number of thioether (sulfide) groups is 1. The molecule has 1 aliphatic carbocycles. The van der Waals surface area contributed by atoms with E-state index in [0.717, 1.165) is 40.6 Å². The first-order chi connectivity index (χ1) is 13.0. The summed E-state index contributed by atoms with van der Waals surface area (Å²) in [5, 5.41) is 9.43. The lowest BCUT2D eigenvalue weighted by Crippen LogP contribution is -2.15. The Labute approximate surface area is 164 Å². The first-order valence-electron chi connectivity index (χ1n) is 9.33. The van der Waals surface area contributed by atoms with E-state index in [1.54, 1.807) is 0 Å². The van der Waals surface area contributed by atoms with Gasteiger partial charge in [-0.3, -0.25) is 9.36 Å². The fraction of sp³-hybridized carbons (Fsp3) is 0.318. The van der Waals surface area contributed by atoms with Gasteiger partial charge in [0.25, 0.3) is 0 Å². The lowest BCUT2D eigenvalue weighted by molar-refractivity contribution is 0.0993. The summed E-state index contributed by atoms with van der Waals surface area (Å²) in [6, 6.07) is 16.1. The van der Waals surface area contributed by atoms with Gasteiger partial charge in [-0.15, -0.1) is 10.2 Å². The summed E-state index contributed by atoms with van der Waals surface area (Å²) >= 11 is 1.48. The molecule has 5 heteroatoms. The molecular formula is C22H23N3OS. The van der Waals surface area contributed by atoms with Gasteiger partial charge in [-0.2, -0.15) is 0 Å². The van der Waals surface area contributed by atoms with Crippen molar-refractivity contribution in [1.29, 1.82) is 0 Å². The lowest BCUT2D eigenvalue weighted by atomic mass is 10.0. The maximum Gasteiger partial charge on any atom is 0.196 e. The number of nitrogens with zero attached hydrogens (tertiary/aromatic N) is 3. The van der Waals surface area contributed by atoms with Crippen molar-refractivity contribution in [2.75, 3.05) is 0 Å². The summed E-state index contributed by atoms with van der Waals surface area (Å²) in [5.41, 5.74) is 4.15. The van der Waals surface area contributed by atoms with E-state index in [2.05, 4.69) is 33.8 Å². The van der Waals surface area contributed by atoms with Gasteiger partial charge in [0.2, 0.25) is 0 Å². The van der Waals surface area contributed by atoms with Gasteiger partial charge in [-0.1, -0.05) is 42.1 Å². The molecule has 1 unspecified atom stereocenters. The number of para-hydroxylation sites is 1. The lowest BCUT2D eigenvalue weighted by Gasteiger charge is -2.13. The monoisotopic (exact) mass is 377 g/mol. The standard InChI is InChI=1S/C22H23N3OS/c1-14-9-10-18(13-15(14)2)20(26)16(3)27-22-24-23-21(17-11-12-17)25(22)19-7-5-4-6-8-19/h4-10,13,16-17H,11-12H2,1-3H3. The molecule has 4 rings (SSSR count). The highest BCUT2D eigenvalue weighted by Crippen LogP contribution is 2.41. The van der Waals surface area contributed by atoms with Crippen LogP contribution in [-0.2, 0) is 0 Å². The Morgan fingerprint density at radius 1 is 1.07 bits per heavy atom. The third-order valence-corrected chi connectivity index (χ3v) is 6.10. The van der Waals surface area contributed by atoms with Gasteiger partial charge in [0.15, 0.2) is 10.9 Å². The van der Waals surface area contributed by atoms with E-state index in [1.165, 1.54) is 17.3 Å². The molecule has 27 heavy (non-hydrogen) atoms. The molecule has 1 saturated carbocycles. The first-order valence-corrected chi connectivity index (χ1v) is 10.2. The minimum Gasteiger partial charge on any atom is -0.293 e. The predicted molar refractivity (Wildman–Crippen MR) is 109 cm³/mol. The molecule has 0 aliphatic heterocycles. The third kappa shape index (κ3) is 3.69. The molecule has 1 heterocycles. The highest BCUT2D eigenvalue weighted by molar-refractivity contribution is 8.00. The zero-order valence-corrected chi connectivity index (χ0v) is 16.7. The zero-order chi connectivity index (χ0) is 19.0. The van der Waals surface area contributed by atoms with Gasteiger partial charge in [0.05, 0.1) is 5.25 Å². The van der Waals surface area contributed by atoms with E-state index in [4.69, 9.17) is 0 Å². The van der Waals surface area contributed by atoms with Crippen LogP contribution in [0.25, 0.3) is 5.69 Å². The van der Waals surface area contributed by atoms with Crippen molar-refractivity contribution in [3.05, 3.63) is 71.0 Å². The average Bonchev–Trinajstić information content (AvgIpc) is 3.44. The number of carbonyl (C=O) groups is 1. The molecule has 1 fully saturated rings. The van der Waals surface area contributed by atoms with Gasteiger partial charge in [-0.05, 0) is 62.9 Å². The van der Waals surface area contributed by atoms with E-state index in [0.29, 0.717) is 5.92 Å². The fourth-order valence-electron chi connectivity index (χ4n) is 3.12. The molecule has 1 atom stereocenters. The van der Waals surface area contributed by atoms with E-state index in [-0.39, 0.29) is 11.0 Å². The fourth-order valence-corrected chi connectivity index (χ4v) is 4.08. The van der Waals surface area contributed by atoms with Crippen LogP contribution in [0.1, 0.15) is 53.0 Å². The number of hydrogen-bond donors (Lipinski definition) is 0. The van der Waals surface area contributed by atoms with Crippen LogP contribution < -0.4 is 0 Å². The maximum atomic E-state index is 12.9. The molecule has 138 valence electrons. The molecule has 4 nitrogen and oxygen atoms in total. The van der Waals surface area contributed by atoms with E-state index >= 15 is 0 Å². The molecule has 1 aromatic heterocycles. The molecule has 0 spiro atoms. The van der Waals surface area contributed by atoms with Crippen LogP contribution in [0.2, 0.25) is 0 Å². The number of ketones is 1. The summed E-state index contributed by atoms with van der Waals surface area (Å²) < 4.78 is 2.12. The van der Waals surface area contributed by atoms with Gasteiger partial charge < -0.3 is 0 Å². The van der Waals surface area contributed by atoms with E-state index in [1.807, 2.05) is 50.2 Å². The SMILES string of the molecule is Cc1ccc(C(=O)C(C)Sc2nnc(C3CC3)n2-c2ccccc2)cc1C. The van der Waals surface area contributed by atoms with Crippen molar-refractivity contribution in [2.45, 2.75) is 49.9 Å². The van der Waals surface area contributed by atoms with Crippen LogP contribution in [0.5, 0.6) is 0 Å². The Kier molecular flexibility index (Phi) is 4.87. The Morgan fingerprint density at radius 3 is 2.48 bits per heavy atom. The van der Waals surface area contributed by atoms with Crippen molar-refractivity contribution in [1.82, 2.24) is 14.8 Å². The minimum atomic E-state index is -0.231. The molecular weight excluding hydrogens is 354 g/mol. The number of Topliss-reactive ketones (excluding diaryl/α,β-unsaturated/α-hetero) is 1. The summed E-state index contributed by atoms with van der Waals surface area (Å²) in [5.74, 6) is 1.62. The van der Waals surface area contributed by atoms with Crippen molar-refractivity contribution in [2.24, 2.45) is 0 Å². The van der Waals surface area contributed by atoms with Gasteiger partial charge in [0, 0.05) is 17.2 Å². The number of benzene rings is 2. The summed E-state index contributed by atoms with van der Waals surface area (Å²) in [4.78, 5) is 12.9. The van der Waals surface area contributed by atoms with Crippen molar-refractivity contribution >= 4 is 17.5 Å². The first kappa shape index (κ1) is 18.0. The number of aromatic nitrogens is 3. The highest BCUT2D eigenvalue weighted by Gasteiger charge is 2.32. The number of carbonyl (C=O) groups excluding carboxylic acids is 1. The van der Waals surface area contributed by atoms with Crippen LogP contribution in [-0.4, -0.2) is 25.8 Å². The smallest absolute Gasteiger partial charge is 0.196 e. The predicted octanol–water partition coefficient (Wildman–Crippen LogP) is 5.13. The zero-order valence-electron chi connectivity index (χ0n) is 15.8. The highest BCUT2D eigenvalue weighted by atomic mass is 32.2. The van der Waals surface area contributed by atoms with E-state index in [9.17, 15) is 4.79 Å². The summed E-state index contributed by atoms with van der Waals surface area (Å²) in [7, 11) is 0. The van der Waals surface area contributed by atoms with Gasteiger partial charge in [-0.25, -0.2) is 0 Å². The van der Waals surface area contributed by atoms with Crippen LogP contribution in [0.15, 0.2) is 53.7 Å². The summed E-state index contributed by atoms with van der Waals surface area (Å²) in [6.45, 7) is 6.05. The topological polar surface area (TPSA) is 47.8 Å². The van der Waals surface area contributed by atoms with E-state index < -0.39 is 0 Å². The van der Waals surface area contributed by atoms with Crippen LogP contribution in [0.3, 0.4) is 0 Å². The molecule has 0 radical (unpaired) electrons. The normalized spacial score (nSPS) is 14.9. The molecule has 2 aromatic carbocycles. The number of rotatable bonds is 6. The largest absolute Gasteiger partial charge is 0.293 e. The average molecular weight is 378 g/mol. The minimum absolute atomic E-state index is 0.124. The van der Waals surface area contributed by atoms with Gasteiger partial charge in [0.1, 0.15) is 5.82 Å². The van der Waals surface area contributed by atoms with Crippen LogP contribution in [0, 0.1) is 13.8 Å². The number of hydrogen-bond acceptors (Lipinski definition) is 4. The van der Waals surface area contributed by atoms with Crippen LogP contribution in [0.4, 0.5) is 0 Å². The molecule has 0 saturated heterocycles. The summed E-state index contributed by atoms with van der Waals surface area (Å²) in [6.07, 6.45) is 2.32.